The maximum atomic E-state index is 12.0. The zero-order valence-corrected chi connectivity index (χ0v) is 14.2. The number of aryl methyl sites for hydroxylation is 1. The number of aromatic amines is 1. The fourth-order valence-corrected chi connectivity index (χ4v) is 2.67. The number of hydrogen-bond acceptors (Lipinski definition) is 4. The summed E-state index contributed by atoms with van der Waals surface area (Å²) in [5, 5.41) is 3.56. The standard InChI is InChI=1S/C18H26N4O2/c1-2-3-7-13(12-19)20-17(23)11-6-10-16-21-15-9-5-4-8-14(15)18(24)22-16/h4-5,8-9,13H,2-3,6-7,10-12,19H2,1H3,(H,20,23)(H,21,22,24). The maximum absolute atomic E-state index is 12.0. The minimum Gasteiger partial charge on any atom is -0.352 e. The summed E-state index contributed by atoms with van der Waals surface area (Å²) < 4.78 is 0. The van der Waals surface area contributed by atoms with Gasteiger partial charge in [-0.2, -0.15) is 0 Å². The van der Waals surface area contributed by atoms with Crippen LogP contribution in [0.15, 0.2) is 29.1 Å². The predicted octanol–water partition coefficient (Wildman–Crippen LogP) is 1.88. The average molecular weight is 330 g/mol. The summed E-state index contributed by atoms with van der Waals surface area (Å²) in [5.74, 6) is 0.623. The van der Waals surface area contributed by atoms with Crippen molar-refractivity contribution in [3.8, 4) is 0 Å². The number of amides is 1. The van der Waals surface area contributed by atoms with Crippen molar-refractivity contribution in [1.82, 2.24) is 15.3 Å². The molecule has 6 heteroatoms. The van der Waals surface area contributed by atoms with Crippen molar-refractivity contribution in [3.63, 3.8) is 0 Å². The number of para-hydroxylation sites is 1. The van der Waals surface area contributed by atoms with Gasteiger partial charge in [0.25, 0.3) is 5.56 Å². The largest absolute Gasteiger partial charge is 0.352 e. The fourth-order valence-electron chi connectivity index (χ4n) is 2.67. The summed E-state index contributed by atoms with van der Waals surface area (Å²) in [6.07, 6.45) is 4.67. The molecule has 0 saturated heterocycles. The third kappa shape index (κ3) is 5.16. The van der Waals surface area contributed by atoms with Crippen LogP contribution in [0.4, 0.5) is 0 Å². The van der Waals surface area contributed by atoms with E-state index in [4.69, 9.17) is 5.73 Å². The molecule has 0 aliphatic heterocycles. The maximum Gasteiger partial charge on any atom is 0.258 e. The lowest BCUT2D eigenvalue weighted by Gasteiger charge is -2.16. The molecule has 2 rings (SSSR count). The molecule has 0 bridgehead atoms. The molecule has 6 nitrogen and oxygen atoms in total. The van der Waals surface area contributed by atoms with Gasteiger partial charge in [-0.15, -0.1) is 0 Å². The lowest BCUT2D eigenvalue weighted by molar-refractivity contribution is -0.121. The SMILES string of the molecule is CCCCC(CN)NC(=O)CCCc1nc2ccccc2c(=O)[nH]1. The van der Waals surface area contributed by atoms with Gasteiger partial charge in [0.2, 0.25) is 5.91 Å². The van der Waals surface area contributed by atoms with E-state index in [1.165, 1.54) is 0 Å². The van der Waals surface area contributed by atoms with Crippen LogP contribution in [0.5, 0.6) is 0 Å². The van der Waals surface area contributed by atoms with E-state index in [1.54, 1.807) is 6.07 Å². The first-order valence-electron chi connectivity index (χ1n) is 8.61. The molecule has 0 aliphatic carbocycles. The molecule has 0 radical (unpaired) electrons. The van der Waals surface area contributed by atoms with Crippen LogP contribution in [0, 0.1) is 0 Å². The molecule has 1 unspecified atom stereocenters. The number of aromatic nitrogens is 2. The number of benzene rings is 1. The third-order valence-corrected chi connectivity index (χ3v) is 4.04. The lowest BCUT2D eigenvalue weighted by Crippen LogP contribution is -2.40. The number of hydrogen-bond donors (Lipinski definition) is 3. The minimum atomic E-state index is -0.136. The molecule has 1 amide bonds. The number of nitrogens with zero attached hydrogens (tertiary/aromatic N) is 1. The Morgan fingerprint density at radius 3 is 2.88 bits per heavy atom. The van der Waals surface area contributed by atoms with Gasteiger partial charge in [0.1, 0.15) is 5.82 Å². The molecule has 0 fully saturated rings. The number of carbonyl (C=O) groups excluding carboxylic acids is 1. The Morgan fingerprint density at radius 2 is 2.12 bits per heavy atom. The van der Waals surface area contributed by atoms with Gasteiger partial charge in [0.05, 0.1) is 10.9 Å². The molecular weight excluding hydrogens is 304 g/mol. The van der Waals surface area contributed by atoms with Crippen molar-refractivity contribution < 1.29 is 4.79 Å². The second-order valence-corrected chi connectivity index (χ2v) is 6.03. The van der Waals surface area contributed by atoms with Gasteiger partial charge in [-0.3, -0.25) is 9.59 Å². The van der Waals surface area contributed by atoms with Crippen molar-refractivity contribution in [2.24, 2.45) is 5.73 Å². The Bertz CT molecular complexity index is 726. The summed E-state index contributed by atoms with van der Waals surface area (Å²) in [6.45, 7) is 2.58. The van der Waals surface area contributed by atoms with E-state index in [0.29, 0.717) is 42.5 Å². The summed E-state index contributed by atoms with van der Waals surface area (Å²) in [5.41, 5.74) is 6.23. The van der Waals surface area contributed by atoms with Gasteiger partial charge >= 0.3 is 0 Å². The van der Waals surface area contributed by atoms with Crippen LogP contribution in [0.2, 0.25) is 0 Å². The van der Waals surface area contributed by atoms with E-state index in [1.807, 2.05) is 18.2 Å². The van der Waals surface area contributed by atoms with Crippen LogP contribution in [0.1, 0.15) is 44.9 Å². The normalized spacial score (nSPS) is 12.2. The minimum absolute atomic E-state index is 0.00434. The second kappa shape index (κ2) is 9.17. The molecule has 0 aliphatic rings. The monoisotopic (exact) mass is 330 g/mol. The first-order valence-corrected chi connectivity index (χ1v) is 8.61. The summed E-state index contributed by atoms with van der Waals surface area (Å²) in [7, 11) is 0. The van der Waals surface area contributed by atoms with Crippen molar-refractivity contribution in [3.05, 3.63) is 40.4 Å². The van der Waals surface area contributed by atoms with Crippen LogP contribution in [0.25, 0.3) is 10.9 Å². The molecule has 2 aromatic rings. The first-order chi connectivity index (χ1) is 11.6. The molecule has 0 saturated carbocycles. The van der Waals surface area contributed by atoms with Gasteiger partial charge in [0, 0.05) is 25.4 Å². The quantitative estimate of drug-likeness (QED) is 0.653. The molecule has 130 valence electrons. The molecule has 1 aromatic carbocycles. The van der Waals surface area contributed by atoms with Gasteiger partial charge in [-0.1, -0.05) is 31.9 Å². The van der Waals surface area contributed by atoms with Crippen molar-refractivity contribution in [1.29, 1.82) is 0 Å². The van der Waals surface area contributed by atoms with E-state index >= 15 is 0 Å². The highest BCUT2D eigenvalue weighted by Gasteiger charge is 2.10. The molecule has 24 heavy (non-hydrogen) atoms. The highest BCUT2D eigenvalue weighted by Crippen LogP contribution is 2.07. The van der Waals surface area contributed by atoms with Gasteiger partial charge in [-0.25, -0.2) is 4.98 Å². The topological polar surface area (TPSA) is 101 Å². The van der Waals surface area contributed by atoms with Gasteiger partial charge < -0.3 is 16.0 Å². The van der Waals surface area contributed by atoms with E-state index in [0.717, 1.165) is 19.3 Å². The van der Waals surface area contributed by atoms with E-state index in [2.05, 4.69) is 22.2 Å². The van der Waals surface area contributed by atoms with Crippen molar-refractivity contribution in [2.45, 2.75) is 51.5 Å². The van der Waals surface area contributed by atoms with E-state index in [9.17, 15) is 9.59 Å². The Hall–Kier alpha value is -2.21. The summed E-state index contributed by atoms with van der Waals surface area (Å²) in [4.78, 5) is 31.2. The summed E-state index contributed by atoms with van der Waals surface area (Å²) >= 11 is 0. The number of nitrogens with two attached hydrogens (primary N) is 1. The van der Waals surface area contributed by atoms with Crippen molar-refractivity contribution in [2.75, 3.05) is 6.54 Å². The number of unbranched alkanes of at least 4 members (excludes halogenated alkanes) is 1. The van der Waals surface area contributed by atoms with Crippen LogP contribution in [-0.4, -0.2) is 28.5 Å². The molecule has 4 N–H and O–H groups in total. The highest BCUT2D eigenvalue weighted by atomic mass is 16.1. The van der Waals surface area contributed by atoms with Crippen LogP contribution in [-0.2, 0) is 11.2 Å². The third-order valence-electron chi connectivity index (χ3n) is 4.04. The van der Waals surface area contributed by atoms with Crippen LogP contribution in [0.3, 0.4) is 0 Å². The smallest absolute Gasteiger partial charge is 0.258 e. The number of H-pyrrole nitrogens is 1. The summed E-state index contributed by atoms with van der Waals surface area (Å²) in [6, 6.07) is 7.29. The van der Waals surface area contributed by atoms with Crippen LogP contribution >= 0.6 is 0 Å². The van der Waals surface area contributed by atoms with Crippen molar-refractivity contribution >= 4 is 16.8 Å². The van der Waals surface area contributed by atoms with Gasteiger partial charge in [-0.05, 0) is 25.0 Å². The Morgan fingerprint density at radius 1 is 1.33 bits per heavy atom. The number of carbonyl (C=O) groups is 1. The van der Waals surface area contributed by atoms with E-state index in [-0.39, 0.29) is 17.5 Å². The molecular formula is C18H26N4O2. The molecule has 1 heterocycles. The van der Waals surface area contributed by atoms with Crippen LogP contribution < -0.4 is 16.6 Å². The zero-order chi connectivity index (χ0) is 17.4. The zero-order valence-electron chi connectivity index (χ0n) is 14.2. The van der Waals surface area contributed by atoms with Gasteiger partial charge in [0.15, 0.2) is 0 Å². The predicted molar refractivity (Wildman–Crippen MR) is 95.8 cm³/mol. The Kier molecular flexibility index (Phi) is 6.93. The average Bonchev–Trinajstić information content (AvgIpc) is 2.58. The Balaban J connectivity index is 1.85. The second-order valence-electron chi connectivity index (χ2n) is 6.03. The highest BCUT2D eigenvalue weighted by molar-refractivity contribution is 5.77. The Labute approximate surface area is 141 Å². The fraction of sp³-hybridized carbons (Fsp3) is 0.500. The first kappa shape index (κ1) is 18.1. The lowest BCUT2D eigenvalue weighted by atomic mass is 10.1. The number of nitrogens with one attached hydrogen (secondary N) is 2. The van der Waals surface area contributed by atoms with E-state index < -0.39 is 0 Å². The molecule has 1 aromatic heterocycles. The number of fused-ring (bicyclic) bond motifs is 1. The molecule has 0 spiro atoms. The molecule has 1 atom stereocenters. The number of rotatable bonds is 9.